The van der Waals surface area contributed by atoms with E-state index in [0.29, 0.717) is 18.0 Å². The fraction of sp³-hybridized carbons (Fsp3) is 0.640. The Kier molecular flexibility index (Phi) is 8.09. The molecule has 0 bridgehead atoms. The molecule has 0 radical (unpaired) electrons. The van der Waals surface area contributed by atoms with Gasteiger partial charge in [0, 0.05) is 43.5 Å². The summed E-state index contributed by atoms with van der Waals surface area (Å²) in [5, 5.41) is 9.75. The van der Waals surface area contributed by atoms with Crippen molar-refractivity contribution in [1.29, 1.82) is 0 Å². The molecule has 182 valence electrons. The molecule has 1 saturated carbocycles. The van der Waals surface area contributed by atoms with Gasteiger partial charge in [0.2, 0.25) is 15.9 Å². The molecular weight excluding hydrogens is 440 g/mol. The van der Waals surface area contributed by atoms with Gasteiger partial charge in [-0.3, -0.25) is 4.79 Å². The number of aliphatic hydroxyl groups excluding tert-OH is 1. The summed E-state index contributed by atoms with van der Waals surface area (Å²) in [6.45, 7) is 8.06. The Morgan fingerprint density at radius 1 is 1.30 bits per heavy atom. The lowest BCUT2D eigenvalue weighted by atomic mass is 10.0. The summed E-state index contributed by atoms with van der Waals surface area (Å²) >= 11 is 0. The third kappa shape index (κ3) is 6.08. The molecule has 3 rings (SSSR count). The highest BCUT2D eigenvalue weighted by Crippen LogP contribution is 2.35. The van der Waals surface area contributed by atoms with Crippen LogP contribution in [-0.2, 0) is 14.8 Å². The minimum atomic E-state index is -3.89. The summed E-state index contributed by atoms with van der Waals surface area (Å²) in [4.78, 5) is 14.3. The van der Waals surface area contributed by atoms with E-state index in [1.807, 2.05) is 6.92 Å². The van der Waals surface area contributed by atoms with Crippen LogP contribution in [-0.4, -0.2) is 67.5 Å². The molecule has 1 aliphatic carbocycles. The Bertz CT molecular complexity index is 1020. The van der Waals surface area contributed by atoms with Gasteiger partial charge in [-0.15, -0.1) is 0 Å². The van der Waals surface area contributed by atoms with Crippen molar-refractivity contribution in [2.75, 3.05) is 26.7 Å². The van der Waals surface area contributed by atoms with E-state index in [4.69, 9.17) is 4.74 Å². The summed E-state index contributed by atoms with van der Waals surface area (Å²) in [5.41, 5.74) is 0.681. The molecule has 1 heterocycles. The topological polar surface area (TPSA) is 87.2 Å². The molecule has 1 aromatic carbocycles. The first-order valence-electron chi connectivity index (χ1n) is 11.7. The van der Waals surface area contributed by atoms with E-state index in [0.717, 1.165) is 19.3 Å². The number of sulfonamides is 1. The zero-order chi connectivity index (χ0) is 24.3. The predicted octanol–water partition coefficient (Wildman–Crippen LogP) is 2.72. The summed E-state index contributed by atoms with van der Waals surface area (Å²) in [7, 11) is -2.12. The number of amides is 1. The first kappa shape index (κ1) is 25.5. The van der Waals surface area contributed by atoms with Gasteiger partial charge in [0.15, 0.2) is 0 Å². The Balaban J connectivity index is 2.00. The van der Waals surface area contributed by atoms with Crippen LogP contribution in [0.2, 0.25) is 0 Å². The van der Waals surface area contributed by atoms with Gasteiger partial charge in [0.25, 0.3) is 0 Å². The fourth-order valence-electron chi connectivity index (χ4n) is 3.88. The highest BCUT2D eigenvalue weighted by Gasteiger charge is 2.39. The van der Waals surface area contributed by atoms with Crippen molar-refractivity contribution in [1.82, 2.24) is 9.21 Å². The van der Waals surface area contributed by atoms with Gasteiger partial charge < -0.3 is 14.7 Å². The molecule has 7 nitrogen and oxygen atoms in total. The van der Waals surface area contributed by atoms with E-state index < -0.39 is 22.2 Å². The van der Waals surface area contributed by atoms with Crippen molar-refractivity contribution < 1.29 is 23.1 Å². The number of carbonyl (C=O) groups is 1. The molecular formula is C25H36N2O5S. The molecule has 0 aromatic heterocycles. The maximum Gasteiger partial charge on any atom is 0.247 e. The van der Waals surface area contributed by atoms with Crippen LogP contribution in [0.15, 0.2) is 23.1 Å². The minimum absolute atomic E-state index is 0.0604. The Hall–Kier alpha value is -2.08. The smallest absolute Gasteiger partial charge is 0.247 e. The SMILES string of the molecule is CC(C)CC#Cc1ccc2c(c1)O[C@H](CN(C)C(=O)C1CC1)[C@H](C)CN([C@H](C)CO)S2(=O)=O. The fourth-order valence-corrected chi connectivity index (χ4v) is 5.71. The average molecular weight is 477 g/mol. The van der Waals surface area contributed by atoms with Gasteiger partial charge in [0.05, 0.1) is 13.2 Å². The zero-order valence-electron chi connectivity index (χ0n) is 20.2. The maximum atomic E-state index is 13.5. The molecule has 0 saturated heterocycles. The number of hydrogen-bond donors (Lipinski definition) is 1. The maximum absolute atomic E-state index is 13.5. The standard InChI is InChI=1S/C25H36N2O5S/c1-17(2)7-6-8-20-9-12-24-22(13-20)32-23(15-26(5)25(29)21-10-11-21)18(3)14-27(19(4)16-28)33(24,30)31/h9,12-13,17-19,21,23,28H,7,10-11,14-16H2,1-5H3/t18-,19-,23-/m1/s1. The highest BCUT2D eigenvalue weighted by molar-refractivity contribution is 7.89. The molecule has 2 aliphatic rings. The quantitative estimate of drug-likeness (QED) is 0.638. The molecule has 33 heavy (non-hydrogen) atoms. The van der Waals surface area contributed by atoms with Crippen LogP contribution in [0.4, 0.5) is 0 Å². The number of rotatable bonds is 6. The number of fused-ring (bicyclic) bond motifs is 1. The second-order valence-corrected chi connectivity index (χ2v) is 11.7. The van der Waals surface area contributed by atoms with Crippen LogP contribution in [0.25, 0.3) is 0 Å². The molecule has 3 atom stereocenters. The molecule has 8 heteroatoms. The Morgan fingerprint density at radius 3 is 2.61 bits per heavy atom. The van der Waals surface area contributed by atoms with Crippen molar-refractivity contribution in [3.8, 4) is 17.6 Å². The van der Waals surface area contributed by atoms with Crippen LogP contribution in [0, 0.1) is 29.6 Å². The highest BCUT2D eigenvalue weighted by atomic mass is 32.2. The summed E-state index contributed by atoms with van der Waals surface area (Å²) < 4.78 is 34.7. The summed E-state index contributed by atoms with van der Waals surface area (Å²) in [5.74, 6) is 6.91. The van der Waals surface area contributed by atoms with Crippen LogP contribution in [0.3, 0.4) is 0 Å². The van der Waals surface area contributed by atoms with E-state index in [1.165, 1.54) is 10.4 Å². The van der Waals surface area contributed by atoms with E-state index >= 15 is 0 Å². The van der Waals surface area contributed by atoms with Gasteiger partial charge >= 0.3 is 0 Å². The van der Waals surface area contributed by atoms with Gasteiger partial charge in [-0.1, -0.05) is 32.6 Å². The van der Waals surface area contributed by atoms with Crippen LogP contribution in [0.1, 0.15) is 52.5 Å². The third-order valence-corrected chi connectivity index (χ3v) is 8.19. The lowest BCUT2D eigenvalue weighted by Gasteiger charge is -2.37. The lowest BCUT2D eigenvalue weighted by molar-refractivity contribution is -0.132. The van der Waals surface area contributed by atoms with E-state index in [9.17, 15) is 18.3 Å². The van der Waals surface area contributed by atoms with Crippen molar-refractivity contribution >= 4 is 15.9 Å². The monoisotopic (exact) mass is 476 g/mol. The Morgan fingerprint density at radius 2 is 2.00 bits per heavy atom. The molecule has 1 aromatic rings. The van der Waals surface area contributed by atoms with Crippen molar-refractivity contribution in [3.63, 3.8) is 0 Å². The number of carbonyl (C=O) groups excluding carboxylic acids is 1. The van der Waals surface area contributed by atoms with Crippen molar-refractivity contribution in [2.24, 2.45) is 17.8 Å². The minimum Gasteiger partial charge on any atom is -0.487 e. The number of nitrogens with zero attached hydrogens (tertiary/aromatic N) is 2. The molecule has 1 N–H and O–H groups in total. The van der Waals surface area contributed by atoms with Crippen LogP contribution in [0.5, 0.6) is 5.75 Å². The number of likely N-dealkylation sites (N-methyl/N-ethyl adjacent to an activating group) is 1. The predicted molar refractivity (Wildman–Crippen MR) is 127 cm³/mol. The van der Waals surface area contributed by atoms with Crippen molar-refractivity contribution in [3.05, 3.63) is 23.8 Å². The van der Waals surface area contributed by atoms with E-state index in [1.54, 1.807) is 31.0 Å². The number of ether oxygens (including phenoxy) is 1. The summed E-state index contributed by atoms with van der Waals surface area (Å²) in [6, 6.07) is 4.32. The average Bonchev–Trinajstić information content (AvgIpc) is 3.60. The molecule has 1 amide bonds. The second-order valence-electron chi connectivity index (χ2n) is 9.79. The van der Waals surface area contributed by atoms with Crippen LogP contribution >= 0.6 is 0 Å². The third-order valence-electron chi connectivity index (χ3n) is 6.17. The normalized spacial score (nSPS) is 23.4. The lowest BCUT2D eigenvalue weighted by Crippen LogP contribution is -2.50. The van der Waals surface area contributed by atoms with Gasteiger partial charge in [-0.25, -0.2) is 8.42 Å². The van der Waals surface area contributed by atoms with E-state index in [-0.39, 0.29) is 41.5 Å². The largest absolute Gasteiger partial charge is 0.487 e. The molecule has 1 fully saturated rings. The first-order chi connectivity index (χ1) is 15.5. The zero-order valence-corrected chi connectivity index (χ0v) is 21.1. The number of aliphatic hydroxyl groups is 1. The van der Waals surface area contributed by atoms with E-state index in [2.05, 4.69) is 25.7 Å². The van der Waals surface area contributed by atoms with Crippen LogP contribution < -0.4 is 4.74 Å². The van der Waals surface area contributed by atoms with Gasteiger partial charge in [0.1, 0.15) is 16.7 Å². The van der Waals surface area contributed by atoms with Crippen molar-refractivity contribution in [2.45, 2.75) is 64.0 Å². The number of hydrogen-bond acceptors (Lipinski definition) is 5. The Labute approximate surface area is 198 Å². The van der Waals surface area contributed by atoms with Gasteiger partial charge in [-0.05, 0) is 43.9 Å². The second kappa shape index (κ2) is 10.5. The molecule has 0 unspecified atom stereocenters. The number of benzene rings is 1. The summed E-state index contributed by atoms with van der Waals surface area (Å²) in [6.07, 6.45) is 2.18. The molecule has 1 aliphatic heterocycles. The van der Waals surface area contributed by atoms with Gasteiger partial charge in [-0.2, -0.15) is 4.31 Å². The first-order valence-corrected chi connectivity index (χ1v) is 13.2. The molecule has 0 spiro atoms.